The topological polar surface area (TPSA) is 115 Å². The fourth-order valence-electron chi connectivity index (χ4n) is 10.3. The van der Waals surface area contributed by atoms with Crippen molar-refractivity contribution in [3.8, 4) is 0 Å². The number of aliphatic hydroxyl groups is 3. The zero-order chi connectivity index (χ0) is 26.0. The van der Waals surface area contributed by atoms with Crippen LogP contribution in [0.4, 0.5) is 0 Å². The van der Waals surface area contributed by atoms with Crippen molar-refractivity contribution < 1.29 is 39.1 Å². The average molecular weight is 519 g/mol. The summed E-state index contributed by atoms with van der Waals surface area (Å²) in [5.41, 5.74) is -0.0261. The summed E-state index contributed by atoms with van der Waals surface area (Å²) in [7, 11) is 0. The standard InChI is InChI=1S/C29H42O8/c1-15-10-23(30)29(33)25(35-15)36-21-12-17-4-5-20-19(26(17,2)13-22(21)37-29)6-8-27(3)18(7-9-28(20,27)32)16-11-24(31)34-14-16/h11,15,17-23,25,30,32-33H,4-10,12-14H2,1-3H3/t15?,17-,18?,19-,20+,21-,22+,23?,25-,26+,27+,28+,29+/m0/s1. The van der Waals surface area contributed by atoms with Crippen LogP contribution in [-0.2, 0) is 23.7 Å². The summed E-state index contributed by atoms with van der Waals surface area (Å²) in [5.74, 6) is -0.928. The highest BCUT2D eigenvalue weighted by molar-refractivity contribution is 5.85. The van der Waals surface area contributed by atoms with Crippen molar-refractivity contribution in [1.82, 2.24) is 0 Å². The Morgan fingerprint density at radius 3 is 2.54 bits per heavy atom. The quantitative estimate of drug-likeness (QED) is 0.359. The van der Waals surface area contributed by atoms with E-state index in [0.29, 0.717) is 24.9 Å². The van der Waals surface area contributed by atoms with Crippen molar-refractivity contribution in [2.45, 2.75) is 121 Å². The second-order valence-electron chi connectivity index (χ2n) is 13.8. The third-order valence-electron chi connectivity index (χ3n) is 12.3. The van der Waals surface area contributed by atoms with Crippen LogP contribution in [0.25, 0.3) is 0 Å². The van der Waals surface area contributed by atoms with Gasteiger partial charge in [-0.05, 0) is 93.0 Å². The summed E-state index contributed by atoms with van der Waals surface area (Å²) in [4.78, 5) is 11.8. The van der Waals surface area contributed by atoms with E-state index < -0.39 is 23.8 Å². The van der Waals surface area contributed by atoms with E-state index in [0.717, 1.165) is 56.9 Å². The van der Waals surface area contributed by atoms with Gasteiger partial charge in [-0.25, -0.2) is 4.79 Å². The number of hydrogen-bond donors (Lipinski definition) is 3. The van der Waals surface area contributed by atoms with E-state index >= 15 is 0 Å². The molecule has 0 radical (unpaired) electrons. The Labute approximate surface area is 218 Å². The monoisotopic (exact) mass is 518 g/mol. The molecule has 0 aromatic rings. The van der Waals surface area contributed by atoms with Gasteiger partial charge in [0.1, 0.15) is 12.7 Å². The van der Waals surface area contributed by atoms with Crippen LogP contribution in [0.5, 0.6) is 0 Å². The number of esters is 1. The summed E-state index contributed by atoms with van der Waals surface area (Å²) in [5, 5.41) is 34.4. The van der Waals surface area contributed by atoms with Crippen LogP contribution >= 0.6 is 0 Å². The lowest BCUT2D eigenvalue weighted by atomic mass is 9.43. The molecule has 8 heteroatoms. The van der Waals surface area contributed by atoms with Crippen LogP contribution in [0.15, 0.2) is 11.6 Å². The average Bonchev–Trinajstić information content (AvgIpc) is 3.37. The highest BCUT2D eigenvalue weighted by atomic mass is 16.8. The first kappa shape index (κ1) is 25.0. The van der Waals surface area contributed by atoms with E-state index in [2.05, 4.69) is 13.8 Å². The van der Waals surface area contributed by atoms with Crippen molar-refractivity contribution in [3.05, 3.63) is 11.6 Å². The van der Waals surface area contributed by atoms with E-state index in [1.807, 2.05) is 6.92 Å². The van der Waals surface area contributed by atoms with Crippen LogP contribution in [0.2, 0.25) is 0 Å². The number of rotatable bonds is 1. The molecule has 3 unspecified atom stereocenters. The summed E-state index contributed by atoms with van der Waals surface area (Å²) >= 11 is 0. The Morgan fingerprint density at radius 2 is 1.78 bits per heavy atom. The predicted molar refractivity (Wildman–Crippen MR) is 131 cm³/mol. The Morgan fingerprint density at radius 1 is 0.973 bits per heavy atom. The van der Waals surface area contributed by atoms with Gasteiger partial charge in [0, 0.05) is 17.9 Å². The van der Waals surface area contributed by atoms with Crippen LogP contribution in [0.3, 0.4) is 0 Å². The van der Waals surface area contributed by atoms with Crippen molar-refractivity contribution in [2.24, 2.45) is 34.5 Å². The van der Waals surface area contributed by atoms with Crippen molar-refractivity contribution in [3.63, 3.8) is 0 Å². The molecule has 7 rings (SSSR count). The minimum atomic E-state index is -1.85. The van der Waals surface area contributed by atoms with Gasteiger partial charge in [0.15, 0.2) is 0 Å². The van der Waals surface area contributed by atoms with E-state index in [-0.39, 0.29) is 46.9 Å². The molecule has 206 valence electrons. The maximum absolute atomic E-state index is 12.5. The highest BCUT2D eigenvalue weighted by Crippen LogP contribution is 2.70. The van der Waals surface area contributed by atoms with E-state index in [1.54, 1.807) is 6.08 Å². The van der Waals surface area contributed by atoms with Gasteiger partial charge in [-0.3, -0.25) is 0 Å². The molecule has 3 N–H and O–H groups in total. The lowest BCUT2D eigenvalue weighted by Crippen LogP contribution is -2.70. The van der Waals surface area contributed by atoms with Gasteiger partial charge in [0.05, 0.1) is 23.9 Å². The summed E-state index contributed by atoms with van der Waals surface area (Å²) in [6.45, 7) is 6.85. The minimum absolute atomic E-state index is 0.0503. The molecule has 6 fully saturated rings. The van der Waals surface area contributed by atoms with Gasteiger partial charge in [-0.2, -0.15) is 0 Å². The zero-order valence-electron chi connectivity index (χ0n) is 22.2. The van der Waals surface area contributed by atoms with E-state index in [4.69, 9.17) is 18.9 Å². The largest absolute Gasteiger partial charge is 0.458 e. The Balaban J connectivity index is 1.16. The number of aliphatic hydroxyl groups excluding tert-OH is 1. The van der Waals surface area contributed by atoms with Crippen molar-refractivity contribution in [1.29, 1.82) is 0 Å². The number of hydrogen-bond acceptors (Lipinski definition) is 8. The molecule has 3 heterocycles. The molecule has 13 atom stereocenters. The molecule has 0 aromatic carbocycles. The molecule has 4 aliphatic carbocycles. The SMILES string of the molecule is CC1CC(O)[C@@]2(O)O[C@@H]3C[C@]4(C)[C@@H](CC[C@@H]5[C@@H]4CC[C@]4(C)C(C6=CC(=O)OC6)CC[C@@]54O)C[C@@H]3O[C@@H]2O1. The first-order valence-corrected chi connectivity index (χ1v) is 14.5. The maximum Gasteiger partial charge on any atom is 0.331 e. The summed E-state index contributed by atoms with van der Waals surface area (Å²) in [6.07, 6.45) is 6.46. The van der Waals surface area contributed by atoms with Crippen LogP contribution in [0, 0.1) is 34.5 Å². The van der Waals surface area contributed by atoms with E-state index in [9.17, 15) is 20.1 Å². The summed E-state index contributed by atoms with van der Waals surface area (Å²) in [6, 6.07) is 0. The first-order valence-electron chi connectivity index (χ1n) is 14.5. The van der Waals surface area contributed by atoms with Crippen molar-refractivity contribution >= 4 is 5.97 Å². The van der Waals surface area contributed by atoms with Gasteiger partial charge in [-0.15, -0.1) is 0 Å². The third-order valence-corrected chi connectivity index (χ3v) is 12.3. The second-order valence-corrected chi connectivity index (χ2v) is 13.8. The molecule has 37 heavy (non-hydrogen) atoms. The van der Waals surface area contributed by atoms with Crippen LogP contribution in [-0.4, -0.2) is 70.0 Å². The third kappa shape index (κ3) is 3.26. The van der Waals surface area contributed by atoms with E-state index in [1.165, 1.54) is 0 Å². The number of fused-ring (bicyclic) bond motifs is 7. The smallest absolute Gasteiger partial charge is 0.331 e. The molecule has 0 aromatic heterocycles. The second kappa shape index (κ2) is 8.01. The number of carbonyl (C=O) groups is 1. The Bertz CT molecular complexity index is 1010. The first-order chi connectivity index (χ1) is 17.5. The minimum Gasteiger partial charge on any atom is -0.458 e. The fraction of sp³-hybridized carbons (Fsp3) is 0.897. The molecule has 4 saturated carbocycles. The lowest BCUT2D eigenvalue weighted by Gasteiger charge is -2.65. The Kier molecular flexibility index (Phi) is 5.41. The number of cyclic esters (lactones) is 1. The molecule has 0 bridgehead atoms. The molecule has 0 amide bonds. The summed E-state index contributed by atoms with van der Waals surface area (Å²) < 4.78 is 23.7. The molecule has 0 spiro atoms. The van der Waals surface area contributed by atoms with Gasteiger partial charge in [0.2, 0.25) is 12.1 Å². The normalized spacial score (nSPS) is 58.8. The molecular formula is C29H42O8. The van der Waals surface area contributed by atoms with Gasteiger partial charge in [0.25, 0.3) is 0 Å². The van der Waals surface area contributed by atoms with Crippen LogP contribution in [0.1, 0.15) is 78.6 Å². The molecule has 8 nitrogen and oxygen atoms in total. The molecule has 7 aliphatic rings. The van der Waals surface area contributed by atoms with Gasteiger partial charge in [-0.1, -0.05) is 13.8 Å². The maximum atomic E-state index is 12.5. The van der Waals surface area contributed by atoms with Gasteiger partial charge < -0.3 is 34.3 Å². The highest BCUT2D eigenvalue weighted by Gasteiger charge is 2.69. The fourth-order valence-corrected chi connectivity index (χ4v) is 10.3. The Hall–Kier alpha value is -1.03. The van der Waals surface area contributed by atoms with Crippen molar-refractivity contribution in [2.75, 3.05) is 6.61 Å². The zero-order valence-corrected chi connectivity index (χ0v) is 22.2. The van der Waals surface area contributed by atoms with Gasteiger partial charge >= 0.3 is 5.97 Å². The number of carbonyl (C=O) groups excluding carboxylic acids is 1. The molecular weight excluding hydrogens is 476 g/mol. The molecule has 3 aliphatic heterocycles. The lowest BCUT2D eigenvalue weighted by molar-refractivity contribution is -0.458. The predicted octanol–water partition coefficient (Wildman–Crippen LogP) is 2.82. The molecule has 2 saturated heterocycles. The number of ether oxygens (including phenoxy) is 4. The van der Waals surface area contributed by atoms with Crippen LogP contribution < -0.4 is 0 Å².